The largest absolute Gasteiger partial charge is 0.461 e. The lowest BCUT2D eigenvalue weighted by Gasteiger charge is -2.23. The van der Waals surface area contributed by atoms with E-state index in [1.807, 2.05) is 74.5 Å². The van der Waals surface area contributed by atoms with Gasteiger partial charge in [0, 0.05) is 38.9 Å². The van der Waals surface area contributed by atoms with Gasteiger partial charge in [0.05, 0.1) is 38.6 Å². The van der Waals surface area contributed by atoms with Crippen LogP contribution in [0.4, 0.5) is 0 Å². The van der Waals surface area contributed by atoms with Crippen LogP contribution in [0.25, 0.3) is 0 Å². The molecule has 0 unspecified atom stereocenters. The number of esters is 2. The molecule has 12 nitrogen and oxygen atoms in total. The summed E-state index contributed by atoms with van der Waals surface area (Å²) in [5.41, 5.74) is 1.84. The topological polar surface area (TPSA) is 148 Å². The Morgan fingerprint density at radius 2 is 1.00 bits per heavy atom. The summed E-state index contributed by atoms with van der Waals surface area (Å²) in [7, 11) is 2.99. The highest BCUT2D eigenvalue weighted by Crippen LogP contribution is 2.13. The van der Waals surface area contributed by atoms with Crippen LogP contribution in [-0.2, 0) is 60.8 Å². The molecule has 0 fully saturated rings. The van der Waals surface area contributed by atoms with Crippen molar-refractivity contribution in [1.29, 1.82) is 0 Å². The Morgan fingerprint density at radius 1 is 0.620 bits per heavy atom. The summed E-state index contributed by atoms with van der Waals surface area (Å²) >= 11 is 0. The molecule has 0 bridgehead atoms. The highest BCUT2D eigenvalue weighted by Gasteiger charge is 2.27. The molecule has 1 aliphatic heterocycles. The van der Waals surface area contributed by atoms with Crippen molar-refractivity contribution in [2.24, 2.45) is 11.8 Å². The average molecular weight is 695 g/mol. The van der Waals surface area contributed by atoms with E-state index in [2.05, 4.69) is 10.6 Å². The molecule has 0 radical (unpaired) electrons. The molecule has 0 spiro atoms. The van der Waals surface area contributed by atoms with E-state index >= 15 is 0 Å². The van der Waals surface area contributed by atoms with Crippen LogP contribution in [0.3, 0.4) is 0 Å². The van der Waals surface area contributed by atoms with E-state index < -0.39 is 48.0 Å². The van der Waals surface area contributed by atoms with Crippen LogP contribution in [0.1, 0.15) is 37.8 Å². The summed E-state index contributed by atoms with van der Waals surface area (Å²) in [6, 6.07) is 16.8. The highest BCUT2D eigenvalue weighted by molar-refractivity contribution is 5.86. The zero-order valence-electron chi connectivity index (χ0n) is 29.3. The van der Waals surface area contributed by atoms with E-state index in [-0.39, 0.29) is 64.3 Å². The maximum atomic E-state index is 13.2. The van der Waals surface area contributed by atoms with Gasteiger partial charge in [-0.1, -0.05) is 98.8 Å². The van der Waals surface area contributed by atoms with Gasteiger partial charge < -0.3 is 39.1 Å². The number of ether oxygens (including phenoxy) is 6. The molecule has 1 heterocycles. The van der Waals surface area contributed by atoms with Crippen molar-refractivity contribution in [3.8, 4) is 0 Å². The maximum Gasteiger partial charge on any atom is 0.331 e. The lowest BCUT2D eigenvalue weighted by Crippen LogP contribution is -2.46. The molecule has 2 aromatic carbocycles. The van der Waals surface area contributed by atoms with Crippen molar-refractivity contribution in [3.05, 3.63) is 96.1 Å². The molecule has 3 rings (SSSR count). The van der Waals surface area contributed by atoms with Crippen molar-refractivity contribution in [1.82, 2.24) is 10.6 Å². The fourth-order valence-electron chi connectivity index (χ4n) is 5.01. The maximum absolute atomic E-state index is 13.2. The van der Waals surface area contributed by atoms with Crippen LogP contribution in [0.15, 0.2) is 85.0 Å². The standard InChI is InChI=1S/C38H50N2O10/c1-27-13-11-19-35(41)39-32(24-48-22-30-17-9-6-10-18-30)38(44)50-26-34(46-4)28(2)14-12-20-36(42)40-31(37(43)49-25-33(27)45-3)23-47-21-29-15-7-5-8-16-29/h5-18,27-28,31-34H,19-26H2,1-4H3,(H,39,41)(H,40,42)/t27-,28-,31+,32+,33-,34-/m1/s1. The molecule has 12 heteroatoms. The first-order valence-electron chi connectivity index (χ1n) is 16.7. The van der Waals surface area contributed by atoms with Gasteiger partial charge in [-0.2, -0.15) is 0 Å². The zero-order valence-corrected chi connectivity index (χ0v) is 29.3. The van der Waals surface area contributed by atoms with Crippen molar-refractivity contribution in [2.75, 3.05) is 40.6 Å². The number of cyclic esters (lactones) is 2. The molecule has 6 atom stereocenters. The van der Waals surface area contributed by atoms with Gasteiger partial charge in [0.15, 0.2) is 12.1 Å². The molecule has 0 aliphatic carbocycles. The number of nitrogens with one attached hydrogen (secondary N) is 2. The molecule has 0 saturated carbocycles. The van der Waals surface area contributed by atoms with Gasteiger partial charge in [-0.3, -0.25) is 9.59 Å². The van der Waals surface area contributed by atoms with Gasteiger partial charge in [-0.25, -0.2) is 9.59 Å². The second-order valence-corrected chi connectivity index (χ2v) is 12.0. The molecular weight excluding hydrogens is 644 g/mol. The summed E-state index contributed by atoms with van der Waals surface area (Å²) in [5.74, 6) is -2.65. The summed E-state index contributed by atoms with van der Waals surface area (Å²) in [5, 5.41) is 5.43. The number of benzene rings is 2. The SMILES string of the molecule is CO[C@@H]1COC(=O)[C@H](COCc2ccccc2)NC(=O)CC=C[C@@H](C)[C@H](OC)COC(=O)[C@H](COCc2ccccc2)NC(=O)CC=C[C@H]1C. The predicted molar refractivity (Wildman–Crippen MR) is 185 cm³/mol. The normalized spacial score (nSPS) is 25.0. The van der Waals surface area contributed by atoms with Crippen LogP contribution in [-0.4, -0.2) is 88.7 Å². The molecule has 0 aromatic heterocycles. The molecule has 1 aliphatic rings. The zero-order chi connectivity index (χ0) is 36.1. The molecular formula is C38H50N2O10. The first-order chi connectivity index (χ1) is 24.2. The third kappa shape index (κ3) is 14.6. The van der Waals surface area contributed by atoms with Crippen molar-refractivity contribution < 1.29 is 47.6 Å². The minimum absolute atomic E-state index is 0.0294. The van der Waals surface area contributed by atoms with E-state index in [0.29, 0.717) is 0 Å². The minimum Gasteiger partial charge on any atom is -0.461 e. The van der Waals surface area contributed by atoms with Crippen LogP contribution >= 0.6 is 0 Å². The molecule has 2 amide bonds. The Bertz CT molecular complexity index is 1280. The van der Waals surface area contributed by atoms with Gasteiger partial charge in [-0.15, -0.1) is 0 Å². The average Bonchev–Trinajstić information content (AvgIpc) is 3.11. The molecule has 0 saturated heterocycles. The summed E-state index contributed by atoms with van der Waals surface area (Å²) in [6.07, 6.45) is 5.72. The summed E-state index contributed by atoms with van der Waals surface area (Å²) in [4.78, 5) is 52.2. The van der Waals surface area contributed by atoms with E-state index in [1.165, 1.54) is 14.2 Å². The van der Waals surface area contributed by atoms with Crippen LogP contribution in [0.2, 0.25) is 0 Å². The van der Waals surface area contributed by atoms with Crippen molar-refractivity contribution >= 4 is 23.8 Å². The number of amides is 2. The van der Waals surface area contributed by atoms with E-state index in [0.717, 1.165) is 11.1 Å². The van der Waals surface area contributed by atoms with E-state index in [1.54, 1.807) is 24.3 Å². The number of hydrogen-bond donors (Lipinski definition) is 2. The number of carbonyl (C=O) groups excluding carboxylic acids is 4. The number of carbonyl (C=O) groups is 4. The summed E-state index contributed by atoms with van der Waals surface area (Å²) in [6.45, 7) is 3.81. The van der Waals surface area contributed by atoms with Crippen LogP contribution in [0, 0.1) is 11.8 Å². The number of hydrogen-bond acceptors (Lipinski definition) is 10. The smallest absolute Gasteiger partial charge is 0.331 e. The van der Waals surface area contributed by atoms with E-state index in [9.17, 15) is 19.2 Å². The van der Waals surface area contributed by atoms with Crippen molar-refractivity contribution in [2.45, 2.75) is 64.2 Å². The molecule has 2 aromatic rings. The molecule has 272 valence electrons. The fourth-order valence-corrected chi connectivity index (χ4v) is 5.01. The third-order valence-electron chi connectivity index (χ3n) is 8.08. The Kier molecular flexibility index (Phi) is 17.9. The number of methoxy groups -OCH3 is 2. The first-order valence-corrected chi connectivity index (χ1v) is 16.7. The second-order valence-electron chi connectivity index (χ2n) is 12.0. The van der Waals surface area contributed by atoms with Crippen LogP contribution in [0.5, 0.6) is 0 Å². The van der Waals surface area contributed by atoms with Gasteiger partial charge in [0.2, 0.25) is 11.8 Å². The Morgan fingerprint density at radius 3 is 1.36 bits per heavy atom. The Labute approximate surface area is 294 Å². The van der Waals surface area contributed by atoms with Gasteiger partial charge in [0.1, 0.15) is 13.2 Å². The Balaban J connectivity index is 1.73. The predicted octanol–water partition coefficient (Wildman–Crippen LogP) is 3.68. The molecule has 50 heavy (non-hydrogen) atoms. The van der Waals surface area contributed by atoms with Gasteiger partial charge >= 0.3 is 11.9 Å². The third-order valence-corrected chi connectivity index (χ3v) is 8.08. The Hall–Kier alpha value is -4.36. The lowest BCUT2D eigenvalue weighted by molar-refractivity contribution is -0.154. The summed E-state index contributed by atoms with van der Waals surface area (Å²) < 4.78 is 33.8. The quantitative estimate of drug-likeness (QED) is 0.279. The lowest BCUT2D eigenvalue weighted by atomic mass is 10.0. The fraction of sp³-hybridized carbons (Fsp3) is 0.474. The van der Waals surface area contributed by atoms with Gasteiger partial charge in [0.25, 0.3) is 0 Å². The van der Waals surface area contributed by atoms with Crippen LogP contribution < -0.4 is 10.6 Å². The monoisotopic (exact) mass is 694 g/mol. The second kappa shape index (κ2) is 22.4. The highest BCUT2D eigenvalue weighted by atomic mass is 16.6. The van der Waals surface area contributed by atoms with E-state index in [4.69, 9.17) is 28.4 Å². The molecule has 2 N–H and O–H groups in total. The number of rotatable bonds is 10. The van der Waals surface area contributed by atoms with Crippen molar-refractivity contribution in [3.63, 3.8) is 0 Å². The van der Waals surface area contributed by atoms with Gasteiger partial charge in [-0.05, 0) is 11.1 Å². The minimum atomic E-state index is -1.06. The first kappa shape index (κ1) is 40.1.